The second-order valence-electron chi connectivity index (χ2n) is 4.93. The molecule has 106 valence electrons. The maximum absolute atomic E-state index is 12.5. The van der Waals surface area contributed by atoms with E-state index in [9.17, 15) is 4.79 Å². The summed E-state index contributed by atoms with van der Waals surface area (Å²) in [4.78, 5) is 19.9. The number of hydrogen-bond acceptors (Lipinski definition) is 4. The average Bonchev–Trinajstić information content (AvgIpc) is 2.69. The molecule has 1 aromatic heterocycles. The van der Waals surface area contributed by atoms with Crippen molar-refractivity contribution < 1.29 is 4.79 Å². The maximum atomic E-state index is 12.5. The molecule has 2 aromatic rings. The van der Waals surface area contributed by atoms with Gasteiger partial charge in [-0.15, -0.1) is 11.3 Å². The molecule has 0 saturated heterocycles. The molecular formula is C15H19N3OS. The van der Waals surface area contributed by atoms with Crippen LogP contribution < -0.4 is 5.32 Å². The SMILES string of the molecule is Cc1nc(NC(=O)C(c2ccccc2)N(C)C)sc1C. The van der Waals surface area contributed by atoms with Crippen LogP contribution in [0.3, 0.4) is 0 Å². The Hall–Kier alpha value is -1.72. The van der Waals surface area contributed by atoms with E-state index in [1.807, 2.05) is 63.2 Å². The number of amides is 1. The number of aromatic nitrogens is 1. The van der Waals surface area contributed by atoms with Crippen LogP contribution in [0.5, 0.6) is 0 Å². The first-order chi connectivity index (χ1) is 9.49. The number of aryl methyl sites for hydroxylation is 2. The average molecular weight is 289 g/mol. The van der Waals surface area contributed by atoms with Crippen molar-refractivity contribution in [2.24, 2.45) is 0 Å². The Kier molecular flexibility index (Phi) is 4.52. The molecule has 1 aromatic carbocycles. The van der Waals surface area contributed by atoms with Gasteiger partial charge < -0.3 is 5.32 Å². The number of nitrogens with zero attached hydrogens (tertiary/aromatic N) is 2. The molecule has 0 saturated carbocycles. The number of anilines is 1. The number of hydrogen-bond donors (Lipinski definition) is 1. The Labute approximate surface area is 123 Å². The number of thiazole rings is 1. The van der Waals surface area contributed by atoms with E-state index >= 15 is 0 Å². The molecular weight excluding hydrogens is 270 g/mol. The fourth-order valence-corrected chi connectivity index (χ4v) is 2.84. The first kappa shape index (κ1) is 14.7. The van der Waals surface area contributed by atoms with E-state index in [4.69, 9.17) is 0 Å². The zero-order chi connectivity index (χ0) is 14.7. The minimum Gasteiger partial charge on any atom is -0.300 e. The quantitative estimate of drug-likeness (QED) is 0.941. The third-order valence-corrected chi connectivity index (χ3v) is 4.13. The Bertz CT molecular complexity index is 573. The Balaban J connectivity index is 2.20. The van der Waals surface area contributed by atoms with Gasteiger partial charge in [0.15, 0.2) is 5.13 Å². The minimum atomic E-state index is -0.319. The van der Waals surface area contributed by atoms with Crippen molar-refractivity contribution >= 4 is 22.4 Å². The molecule has 1 N–H and O–H groups in total. The topological polar surface area (TPSA) is 45.2 Å². The molecule has 20 heavy (non-hydrogen) atoms. The van der Waals surface area contributed by atoms with Gasteiger partial charge in [-0.3, -0.25) is 9.69 Å². The third-order valence-electron chi connectivity index (χ3n) is 3.14. The predicted molar refractivity (Wildman–Crippen MR) is 83.1 cm³/mol. The summed E-state index contributed by atoms with van der Waals surface area (Å²) in [6, 6.07) is 9.43. The molecule has 0 radical (unpaired) electrons. The van der Waals surface area contributed by atoms with E-state index in [-0.39, 0.29) is 11.9 Å². The van der Waals surface area contributed by atoms with Gasteiger partial charge in [0.05, 0.1) is 5.69 Å². The van der Waals surface area contributed by atoms with Crippen LogP contribution in [0.25, 0.3) is 0 Å². The largest absolute Gasteiger partial charge is 0.300 e. The molecule has 5 heteroatoms. The molecule has 1 amide bonds. The Morgan fingerprint density at radius 1 is 1.25 bits per heavy atom. The number of likely N-dealkylation sites (N-methyl/N-ethyl adjacent to an activating group) is 1. The first-order valence-corrected chi connectivity index (χ1v) is 7.27. The number of carbonyl (C=O) groups excluding carboxylic acids is 1. The zero-order valence-corrected chi connectivity index (χ0v) is 13.0. The highest BCUT2D eigenvalue weighted by atomic mass is 32.1. The van der Waals surface area contributed by atoms with Crippen LogP contribution in [0.15, 0.2) is 30.3 Å². The lowest BCUT2D eigenvalue weighted by atomic mass is 10.1. The van der Waals surface area contributed by atoms with Crippen molar-refractivity contribution in [3.05, 3.63) is 46.5 Å². The molecule has 0 spiro atoms. The maximum Gasteiger partial charge on any atom is 0.248 e. The number of nitrogens with one attached hydrogen (secondary N) is 1. The molecule has 0 fully saturated rings. The normalized spacial score (nSPS) is 12.4. The lowest BCUT2D eigenvalue weighted by Crippen LogP contribution is -2.32. The Morgan fingerprint density at radius 2 is 1.90 bits per heavy atom. The van der Waals surface area contributed by atoms with Crippen LogP contribution in [0.4, 0.5) is 5.13 Å². The summed E-state index contributed by atoms with van der Waals surface area (Å²) in [7, 11) is 3.80. The molecule has 0 aliphatic rings. The standard InChI is InChI=1S/C15H19N3OS/c1-10-11(2)20-15(16-10)17-14(19)13(18(3)4)12-8-6-5-7-9-12/h5-9,13H,1-4H3,(H,16,17,19). The van der Waals surface area contributed by atoms with Crippen molar-refractivity contribution in [1.29, 1.82) is 0 Å². The summed E-state index contributed by atoms with van der Waals surface area (Å²) in [5.41, 5.74) is 1.94. The van der Waals surface area contributed by atoms with Gasteiger partial charge in [-0.25, -0.2) is 4.98 Å². The van der Waals surface area contributed by atoms with E-state index < -0.39 is 0 Å². The van der Waals surface area contributed by atoms with Gasteiger partial charge in [0.25, 0.3) is 0 Å². The minimum absolute atomic E-state index is 0.0602. The van der Waals surface area contributed by atoms with Gasteiger partial charge in [-0.2, -0.15) is 0 Å². The van der Waals surface area contributed by atoms with Gasteiger partial charge in [-0.1, -0.05) is 30.3 Å². The van der Waals surface area contributed by atoms with E-state index in [2.05, 4.69) is 10.3 Å². The van der Waals surface area contributed by atoms with E-state index in [1.54, 1.807) is 0 Å². The summed E-state index contributed by atoms with van der Waals surface area (Å²) in [6.07, 6.45) is 0. The van der Waals surface area contributed by atoms with Crippen molar-refractivity contribution in [3.8, 4) is 0 Å². The molecule has 2 rings (SSSR count). The lowest BCUT2D eigenvalue weighted by Gasteiger charge is -2.23. The number of rotatable bonds is 4. The predicted octanol–water partition coefficient (Wildman–Crippen LogP) is 3.00. The third kappa shape index (κ3) is 3.23. The molecule has 1 heterocycles. The number of benzene rings is 1. The van der Waals surface area contributed by atoms with Gasteiger partial charge in [-0.05, 0) is 33.5 Å². The summed E-state index contributed by atoms with van der Waals surface area (Å²) < 4.78 is 0. The van der Waals surface area contributed by atoms with Crippen LogP contribution in [-0.2, 0) is 4.79 Å². The van der Waals surface area contributed by atoms with Crippen molar-refractivity contribution in [3.63, 3.8) is 0 Å². The smallest absolute Gasteiger partial charge is 0.248 e. The Morgan fingerprint density at radius 3 is 2.40 bits per heavy atom. The monoisotopic (exact) mass is 289 g/mol. The van der Waals surface area contributed by atoms with Crippen molar-refractivity contribution in [2.75, 3.05) is 19.4 Å². The van der Waals surface area contributed by atoms with E-state index in [0.29, 0.717) is 5.13 Å². The molecule has 0 aliphatic carbocycles. The highest BCUT2D eigenvalue weighted by molar-refractivity contribution is 7.15. The summed E-state index contributed by atoms with van der Waals surface area (Å²) in [5.74, 6) is -0.0602. The van der Waals surface area contributed by atoms with E-state index in [0.717, 1.165) is 16.1 Å². The molecule has 0 aliphatic heterocycles. The fraction of sp³-hybridized carbons (Fsp3) is 0.333. The van der Waals surface area contributed by atoms with Gasteiger partial charge in [0.2, 0.25) is 5.91 Å². The lowest BCUT2D eigenvalue weighted by molar-refractivity contribution is -0.120. The van der Waals surface area contributed by atoms with E-state index in [1.165, 1.54) is 11.3 Å². The summed E-state index contributed by atoms with van der Waals surface area (Å²) >= 11 is 1.51. The highest BCUT2D eigenvalue weighted by Gasteiger charge is 2.23. The van der Waals surface area contributed by atoms with Crippen LogP contribution in [0, 0.1) is 13.8 Å². The number of carbonyl (C=O) groups is 1. The summed E-state index contributed by atoms with van der Waals surface area (Å²) in [5, 5.41) is 3.57. The molecule has 4 nitrogen and oxygen atoms in total. The highest BCUT2D eigenvalue weighted by Crippen LogP contribution is 2.24. The second kappa shape index (κ2) is 6.15. The molecule has 1 unspecified atom stereocenters. The van der Waals surface area contributed by atoms with Gasteiger partial charge in [0, 0.05) is 4.88 Å². The van der Waals surface area contributed by atoms with Gasteiger partial charge >= 0.3 is 0 Å². The fourth-order valence-electron chi connectivity index (χ4n) is 2.02. The zero-order valence-electron chi connectivity index (χ0n) is 12.2. The molecule has 0 bridgehead atoms. The van der Waals surface area contributed by atoms with Crippen LogP contribution in [0.1, 0.15) is 22.2 Å². The van der Waals surface area contributed by atoms with Crippen LogP contribution >= 0.6 is 11.3 Å². The summed E-state index contributed by atoms with van der Waals surface area (Å²) in [6.45, 7) is 3.95. The van der Waals surface area contributed by atoms with Crippen LogP contribution in [-0.4, -0.2) is 29.9 Å². The van der Waals surface area contributed by atoms with Gasteiger partial charge in [0.1, 0.15) is 6.04 Å². The first-order valence-electron chi connectivity index (χ1n) is 6.45. The second-order valence-corrected chi connectivity index (χ2v) is 6.13. The van der Waals surface area contributed by atoms with Crippen LogP contribution in [0.2, 0.25) is 0 Å². The van der Waals surface area contributed by atoms with Crippen molar-refractivity contribution in [1.82, 2.24) is 9.88 Å². The molecule has 1 atom stereocenters. The van der Waals surface area contributed by atoms with Crippen molar-refractivity contribution in [2.45, 2.75) is 19.9 Å².